The average molecular weight is 292 g/mol. The molecule has 0 radical (unpaired) electrons. The van der Waals surface area contributed by atoms with Gasteiger partial charge in [-0.25, -0.2) is 9.78 Å². The first kappa shape index (κ1) is 14.3. The number of anilines is 1. The lowest BCUT2D eigenvalue weighted by atomic mass is 10.3. The number of carbonyl (C=O) groups is 1. The second-order valence-electron chi connectivity index (χ2n) is 4.10. The molecule has 0 saturated heterocycles. The Hall–Kier alpha value is -2.08. The molecule has 0 aliphatic heterocycles. The van der Waals surface area contributed by atoms with Crippen molar-refractivity contribution in [2.75, 3.05) is 19.0 Å². The summed E-state index contributed by atoms with van der Waals surface area (Å²) in [6.45, 7) is 2.67. The van der Waals surface area contributed by atoms with E-state index < -0.39 is 5.97 Å². The molecule has 1 N–H and O–H groups in total. The summed E-state index contributed by atoms with van der Waals surface area (Å²) >= 11 is 1.64. The van der Waals surface area contributed by atoms with Crippen LogP contribution in [-0.4, -0.2) is 24.7 Å². The number of nitrogens with zero attached hydrogens (tertiary/aromatic N) is 1. The molecule has 1 aromatic carbocycles. The average Bonchev–Trinajstić information content (AvgIpc) is 2.89. The van der Waals surface area contributed by atoms with E-state index in [1.165, 1.54) is 12.0 Å². The van der Waals surface area contributed by atoms with Gasteiger partial charge < -0.3 is 14.8 Å². The molecule has 2 aromatic rings. The number of ether oxygens (including phenoxy) is 2. The molecule has 0 aliphatic carbocycles. The van der Waals surface area contributed by atoms with Crippen LogP contribution < -0.4 is 10.1 Å². The topological polar surface area (TPSA) is 60.5 Å². The number of aromatic nitrogens is 1. The lowest BCUT2D eigenvalue weighted by Crippen LogP contribution is -2.12. The highest BCUT2D eigenvalue weighted by molar-refractivity contribution is 7.09. The van der Waals surface area contributed by atoms with Crippen LogP contribution in [0.2, 0.25) is 0 Å². The molecule has 1 heterocycles. The Morgan fingerprint density at radius 1 is 1.35 bits per heavy atom. The molecule has 0 aliphatic rings. The molecule has 0 bridgehead atoms. The number of rotatable bonds is 6. The minimum absolute atomic E-state index is 0.0800. The molecule has 5 nitrogen and oxygen atoms in total. The highest BCUT2D eigenvalue weighted by Gasteiger charge is 2.03. The summed E-state index contributed by atoms with van der Waals surface area (Å²) in [5.41, 5.74) is 3.89. The van der Waals surface area contributed by atoms with Crippen molar-refractivity contribution < 1.29 is 14.3 Å². The molecule has 20 heavy (non-hydrogen) atoms. The largest absolute Gasteiger partial charge is 0.482 e. The van der Waals surface area contributed by atoms with Gasteiger partial charge in [0.25, 0.3) is 0 Å². The highest BCUT2D eigenvalue weighted by Crippen LogP contribution is 2.18. The van der Waals surface area contributed by atoms with E-state index in [4.69, 9.17) is 4.74 Å². The first-order valence-corrected chi connectivity index (χ1v) is 6.99. The summed E-state index contributed by atoms with van der Waals surface area (Å²) in [5, 5.41) is 3.31. The zero-order chi connectivity index (χ0) is 14.4. The van der Waals surface area contributed by atoms with E-state index in [0.717, 1.165) is 17.9 Å². The Balaban J connectivity index is 1.85. The van der Waals surface area contributed by atoms with Crippen LogP contribution in [0.1, 0.15) is 10.6 Å². The summed E-state index contributed by atoms with van der Waals surface area (Å²) in [6, 6.07) is 7.43. The molecule has 6 heteroatoms. The Kier molecular flexibility index (Phi) is 4.95. The lowest BCUT2D eigenvalue weighted by Gasteiger charge is -2.08. The molecule has 0 saturated carbocycles. The standard InChI is InChI=1S/C14H16N2O3S/c1-10-13(20-9-16-10)7-15-11-3-5-12(6-4-11)19-8-14(17)18-2/h3-6,9,15H,7-8H2,1-2H3. The van der Waals surface area contributed by atoms with Gasteiger partial charge in [0.05, 0.1) is 24.9 Å². The summed E-state index contributed by atoms with van der Waals surface area (Å²) in [5.74, 6) is 0.239. The van der Waals surface area contributed by atoms with Crippen LogP contribution in [0.25, 0.3) is 0 Å². The number of hydrogen-bond acceptors (Lipinski definition) is 6. The molecule has 0 atom stereocenters. The van der Waals surface area contributed by atoms with E-state index in [9.17, 15) is 4.79 Å². The normalized spacial score (nSPS) is 10.1. The number of benzene rings is 1. The fourth-order valence-corrected chi connectivity index (χ4v) is 2.27. The lowest BCUT2D eigenvalue weighted by molar-refractivity contribution is -0.142. The van der Waals surface area contributed by atoms with Crippen molar-refractivity contribution in [3.63, 3.8) is 0 Å². The van der Waals surface area contributed by atoms with Crippen molar-refractivity contribution in [1.29, 1.82) is 0 Å². The smallest absolute Gasteiger partial charge is 0.343 e. The molecule has 106 valence electrons. The highest BCUT2D eigenvalue weighted by atomic mass is 32.1. The molecule has 0 spiro atoms. The molecular formula is C14H16N2O3S. The predicted molar refractivity (Wildman–Crippen MR) is 78.1 cm³/mol. The summed E-state index contributed by atoms with van der Waals surface area (Å²) in [6.07, 6.45) is 0. The fourth-order valence-electron chi connectivity index (χ4n) is 1.55. The monoisotopic (exact) mass is 292 g/mol. The van der Waals surface area contributed by atoms with E-state index in [2.05, 4.69) is 15.0 Å². The van der Waals surface area contributed by atoms with Gasteiger partial charge in [-0.1, -0.05) is 0 Å². The zero-order valence-corrected chi connectivity index (χ0v) is 12.2. The number of nitrogens with one attached hydrogen (secondary N) is 1. The van der Waals surface area contributed by atoms with Crippen LogP contribution >= 0.6 is 11.3 Å². The van der Waals surface area contributed by atoms with Gasteiger partial charge >= 0.3 is 5.97 Å². The first-order valence-electron chi connectivity index (χ1n) is 6.11. The maximum absolute atomic E-state index is 11.0. The summed E-state index contributed by atoms with van der Waals surface area (Å²) < 4.78 is 9.78. The van der Waals surface area contributed by atoms with Gasteiger partial charge in [0.1, 0.15) is 5.75 Å². The van der Waals surface area contributed by atoms with Gasteiger partial charge in [0.2, 0.25) is 0 Å². The molecule has 0 fully saturated rings. The van der Waals surface area contributed by atoms with Crippen LogP contribution in [0.3, 0.4) is 0 Å². The Morgan fingerprint density at radius 3 is 2.70 bits per heavy atom. The van der Waals surface area contributed by atoms with Crippen LogP contribution in [0.15, 0.2) is 29.8 Å². The van der Waals surface area contributed by atoms with E-state index in [1.54, 1.807) is 11.3 Å². The molecule has 2 rings (SSSR count). The third-order valence-corrected chi connectivity index (χ3v) is 3.67. The Morgan fingerprint density at radius 2 is 2.10 bits per heavy atom. The molecule has 1 aromatic heterocycles. The summed E-state index contributed by atoms with van der Waals surface area (Å²) in [7, 11) is 1.33. The Bertz CT molecular complexity index is 566. The van der Waals surface area contributed by atoms with Crippen molar-refractivity contribution in [3.05, 3.63) is 40.3 Å². The van der Waals surface area contributed by atoms with Crippen molar-refractivity contribution in [1.82, 2.24) is 4.98 Å². The van der Waals surface area contributed by atoms with Crippen LogP contribution in [-0.2, 0) is 16.1 Å². The number of carbonyl (C=O) groups excluding carboxylic acids is 1. The van der Waals surface area contributed by atoms with Gasteiger partial charge in [-0.15, -0.1) is 11.3 Å². The summed E-state index contributed by atoms with van der Waals surface area (Å²) in [4.78, 5) is 16.4. The molecule has 0 unspecified atom stereocenters. The predicted octanol–water partition coefficient (Wildman–Crippen LogP) is 2.62. The van der Waals surface area contributed by atoms with Crippen molar-refractivity contribution in [3.8, 4) is 5.75 Å². The van der Waals surface area contributed by atoms with Crippen LogP contribution in [0, 0.1) is 6.92 Å². The number of hydrogen-bond donors (Lipinski definition) is 1. The van der Waals surface area contributed by atoms with E-state index in [-0.39, 0.29) is 6.61 Å². The van der Waals surface area contributed by atoms with Gasteiger partial charge in [-0.3, -0.25) is 0 Å². The van der Waals surface area contributed by atoms with Gasteiger partial charge in [-0.2, -0.15) is 0 Å². The minimum atomic E-state index is -0.395. The third kappa shape index (κ3) is 3.96. The zero-order valence-electron chi connectivity index (χ0n) is 11.4. The maximum atomic E-state index is 11.0. The van der Waals surface area contributed by atoms with Crippen LogP contribution in [0.5, 0.6) is 5.75 Å². The van der Waals surface area contributed by atoms with E-state index in [0.29, 0.717) is 5.75 Å². The van der Waals surface area contributed by atoms with Gasteiger partial charge in [-0.05, 0) is 31.2 Å². The Labute approximate surface area is 121 Å². The van der Waals surface area contributed by atoms with E-state index >= 15 is 0 Å². The quantitative estimate of drug-likeness (QED) is 0.829. The molecular weight excluding hydrogens is 276 g/mol. The number of esters is 1. The minimum Gasteiger partial charge on any atom is -0.482 e. The maximum Gasteiger partial charge on any atom is 0.343 e. The second-order valence-corrected chi connectivity index (χ2v) is 5.04. The first-order chi connectivity index (χ1) is 9.69. The fraction of sp³-hybridized carbons (Fsp3) is 0.286. The number of methoxy groups -OCH3 is 1. The second kappa shape index (κ2) is 6.91. The SMILES string of the molecule is COC(=O)COc1ccc(NCc2scnc2C)cc1. The van der Waals surface area contributed by atoms with Gasteiger partial charge in [0.15, 0.2) is 6.61 Å². The van der Waals surface area contributed by atoms with E-state index in [1.807, 2.05) is 36.7 Å². The molecule has 0 amide bonds. The third-order valence-electron chi connectivity index (χ3n) is 2.74. The van der Waals surface area contributed by atoms with Gasteiger partial charge in [0, 0.05) is 10.6 Å². The van der Waals surface area contributed by atoms with Crippen molar-refractivity contribution in [2.45, 2.75) is 13.5 Å². The number of aryl methyl sites for hydroxylation is 1. The van der Waals surface area contributed by atoms with Crippen molar-refractivity contribution in [2.24, 2.45) is 0 Å². The van der Waals surface area contributed by atoms with Crippen LogP contribution in [0.4, 0.5) is 5.69 Å². The van der Waals surface area contributed by atoms with Crippen molar-refractivity contribution >= 4 is 23.0 Å². The number of thiazole rings is 1.